The molecule has 0 unspecified atom stereocenters. The van der Waals surface area contributed by atoms with Crippen LogP contribution in [0.1, 0.15) is 5.01 Å². The highest BCUT2D eigenvalue weighted by Gasteiger charge is 2.14. The Morgan fingerprint density at radius 2 is 2.17 bits per heavy atom. The molecule has 23 heavy (non-hydrogen) atoms. The van der Waals surface area contributed by atoms with Crippen LogP contribution in [-0.2, 0) is 6.54 Å². The van der Waals surface area contributed by atoms with Crippen LogP contribution in [0.5, 0.6) is 5.75 Å². The van der Waals surface area contributed by atoms with Crippen LogP contribution in [0.15, 0.2) is 42.0 Å². The molecule has 7 heteroatoms. The molecule has 2 amide bonds. The highest BCUT2D eigenvalue weighted by Crippen LogP contribution is 2.29. The lowest BCUT2D eigenvalue weighted by Crippen LogP contribution is -2.30. The topological polar surface area (TPSA) is 67.3 Å². The van der Waals surface area contributed by atoms with E-state index in [1.165, 1.54) is 11.3 Å². The Hall–Kier alpha value is -2.67. The maximum absolute atomic E-state index is 12.4. The van der Waals surface area contributed by atoms with E-state index in [2.05, 4.69) is 15.3 Å². The van der Waals surface area contributed by atoms with Gasteiger partial charge in [0.15, 0.2) is 0 Å². The van der Waals surface area contributed by atoms with E-state index in [9.17, 15) is 4.79 Å². The molecule has 2 aromatic heterocycles. The summed E-state index contributed by atoms with van der Waals surface area (Å²) in [5, 5.41) is 6.54. The fourth-order valence-corrected chi connectivity index (χ4v) is 2.91. The fourth-order valence-electron chi connectivity index (χ4n) is 2.24. The molecule has 0 atom stereocenters. The minimum Gasteiger partial charge on any atom is -0.494 e. The van der Waals surface area contributed by atoms with E-state index in [0.717, 1.165) is 15.9 Å². The van der Waals surface area contributed by atoms with Crippen molar-refractivity contribution < 1.29 is 9.53 Å². The smallest absolute Gasteiger partial charge is 0.321 e. The van der Waals surface area contributed by atoms with Crippen molar-refractivity contribution in [1.29, 1.82) is 0 Å². The number of carbonyl (C=O) groups is 1. The summed E-state index contributed by atoms with van der Waals surface area (Å²) in [6.07, 6.45) is 3.43. The third-order valence-corrected chi connectivity index (χ3v) is 4.16. The highest BCUT2D eigenvalue weighted by atomic mass is 32.1. The van der Waals surface area contributed by atoms with E-state index in [1.54, 1.807) is 37.5 Å². The lowest BCUT2D eigenvalue weighted by atomic mass is 10.1. The normalized spacial score (nSPS) is 10.5. The number of anilines is 1. The van der Waals surface area contributed by atoms with Crippen molar-refractivity contribution in [3.8, 4) is 5.75 Å². The summed E-state index contributed by atoms with van der Waals surface area (Å²) in [7, 11) is 3.34. The van der Waals surface area contributed by atoms with Crippen LogP contribution in [0.25, 0.3) is 10.9 Å². The van der Waals surface area contributed by atoms with Crippen LogP contribution >= 0.6 is 11.3 Å². The molecule has 0 radical (unpaired) electrons. The maximum Gasteiger partial charge on any atom is 0.321 e. The van der Waals surface area contributed by atoms with Gasteiger partial charge in [0.1, 0.15) is 16.3 Å². The van der Waals surface area contributed by atoms with Gasteiger partial charge in [-0.25, -0.2) is 9.78 Å². The van der Waals surface area contributed by atoms with Gasteiger partial charge in [0.25, 0.3) is 0 Å². The molecule has 0 saturated heterocycles. The van der Waals surface area contributed by atoms with Gasteiger partial charge in [-0.2, -0.15) is 0 Å². The van der Waals surface area contributed by atoms with Crippen LogP contribution in [0.2, 0.25) is 0 Å². The molecule has 1 aromatic carbocycles. The Bertz CT molecular complexity index is 820. The zero-order chi connectivity index (χ0) is 16.2. The summed E-state index contributed by atoms with van der Waals surface area (Å²) in [6, 6.07) is 7.15. The number of nitrogens with zero attached hydrogens (tertiary/aromatic N) is 3. The predicted molar refractivity (Wildman–Crippen MR) is 90.9 cm³/mol. The second kappa shape index (κ2) is 6.62. The van der Waals surface area contributed by atoms with Crippen molar-refractivity contribution >= 4 is 34.0 Å². The van der Waals surface area contributed by atoms with Crippen LogP contribution in [-0.4, -0.2) is 35.1 Å². The van der Waals surface area contributed by atoms with Crippen LogP contribution < -0.4 is 10.1 Å². The fraction of sp³-hybridized carbons (Fsp3) is 0.188. The Kier molecular flexibility index (Phi) is 4.38. The van der Waals surface area contributed by atoms with Crippen molar-refractivity contribution in [3.63, 3.8) is 0 Å². The second-order valence-electron chi connectivity index (χ2n) is 4.93. The number of nitrogens with one attached hydrogen (secondary N) is 1. The molecule has 6 nitrogen and oxygen atoms in total. The number of hydrogen-bond donors (Lipinski definition) is 1. The van der Waals surface area contributed by atoms with Crippen molar-refractivity contribution in [2.75, 3.05) is 19.5 Å². The van der Waals surface area contributed by atoms with Crippen molar-refractivity contribution in [3.05, 3.63) is 47.0 Å². The first-order valence-electron chi connectivity index (χ1n) is 7.01. The number of thiazole rings is 1. The van der Waals surface area contributed by atoms with Gasteiger partial charge in [0.05, 0.1) is 19.3 Å². The van der Waals surface area contributed by atoms with E-state index < -0.39 is 0 Å². The average molecular weight is 328 g/mol. The summed E-state index contributed by atoms with van der Waals surface area (Å²) in [4.78, 5) is 22.5. The Labute approximate surface area is 137 Å². The van der Waals surface area contributed by atoms with Gasteiger partial charge < -0.3 is 15.0 Å². The van der Waals surface area contributed by atoms with Gasteiger partial charge >= 0.3 is 6.03 Å². The summed E-state index contributed by atoms with van der Waals surface area (Å²) in [5.74, 6) is 0.676. The summed E-state index contributed by atoms with van der Waals surface area (Å²) in [5.41, 5.74) is 1.42. The Morgan fingerprint density at radius 3 is 2.91 bits per heavy atom. The predicted octanol–water partition coefficient (Wildman–Crippen LogP) is 3.36. The van der Waals surface area contributed by atoms with Crippen LogP contribution in [0.3, 0.4) is 0 Å². The molecular formula is C16H16N4O2S. The third kappa shape index (κ3) is 3.24. The quantitative estimate of drug-likeness (QED) is 0.797. The minimum absolute atomic E-state index is 0.199. The summed E-state index contributed by atoms with van der Waals surface area (Å²) in [6.45, 7) is 0.468. The molecule has 0 bridgehead atoms. The number of methoxy groups -OCH3 is 1. The summed E-state index contributed by atoms with van der Waals surface area (Å²) >= 11 is 1.52. The van der Waals surface area contributed by atoms with E-state index in [0.29, 0.717) is 18.0 Å². The molecule has 2 heterocycles. The van der Waals surface area contributed by atoms with E-state index >= 15 is 0 Å². The number of amides is 2. The average Bonchev–Trinajstić information content (AvgIpc) is 3.08. The monoisotopic (exact) mass is 328 g/mol. The zero-order valence-electron chi connectivity index (χ0n) is 12.8. The van der Waals surface area contributed by atoms with Crippen LogP contribution in [0, 0.1) is 0 Å². The standard InChI is InChI=1S/C16H16N4O2S/c1-20(10-14-17-8-9-23-14)16(21)19-12-5-6-13(22-2)15-11(12)4-3-7-18-15/h3-9H,10H2,1-2H3,(H,19,21). The summed E-state index contributed by atoms with van der Waals surface area (Å²) < 4.78 is 5.31. The third-order valence-electron chi connectivity index (χ3n) is 3.40. The Morgan fingerprint density at radius 1 is 1.30 bits per heavy atom. The van der Waals surface area contributed by atoms with Gasteiger partial charge in [0.2, 0.25) is 0 Å². The van der Waals surface area contributed by atoms with Gasteiger partial charge in [-0.05, 0) is 24.3 Å². The molecule has 0 fully saturated rings. The van der Waals surface area contributed by atoms with Gasteiger partial charge in [-0.3, -0.25) is 4.98 Å². The Balaban J connectivity index is 1.82. The first kappa shape index (κ1) is 15.2. The first-order valence-corrected chi connectivity index (χ1v) is 7.89. The number of rotatable bonds is 4. The van der Waals surface area contributed by atoms with Gasteiger partial charge in [0, 0.05) is 30.2 Å². The number of carbonyl (C=O) groups excluding carboxylic acids is 1. The minimum atomic E-state index is -0.199. The van der Waals surface area contributed by atoms with Gasteiger partial charge in [-0.1, -0.05) is 0 Å². The van der Waals surface area contributed by atoms with Gasteiger partial charge in [-0.15, -0.1) is 11.3 Å². The van der Waals surface area contributed by atoms with E-state index in [1.807, 2.05) is 23.6 Å². The molecule has 3 aromatic rings. The van der Waals surface area contributed by atoms with E-state index in [4.69, 9.17) is 4.74 Å². The number of ether oxygens (including phenoxy) is 1. The molecular weight excluding hydrogens is 312 g/mol. The number of pyridine rings is 1. The van der Waals surface area contributed by atoms with Crippen molar-refractivity contribution in [2.45, 2.75) is 6.54 Å². The first-order chi connectivity index (χ1) is 11.2. The molecule has 0 aliphatic rings. The number of hydrogen-bond acceptors (Lipinski definition) is 5. The van der Waals surface area contributed by atoms with Crippen molar-refractivity contribution in [2.24, 2.45) is 0 Å². The van der Waals surface area contributed by atoms with E-state index in [-0.39, 0.29) is 6.03 Å². The highest BCUT2D eigenvalue weighted by molar-refractivity contribution is 7.09. The second-order valence-corrected chi connectivity index (χ2v) is 5.91. The number of benzene rings is 1. The molecule has 0 aliphatic heterocycles. The molecule has 0 spiro atoms. The SMILES string of the molecule is COc1ccc(NC(=O)N(C)Cc2nccs2)c2cccnc12. The number of fused-ring (bicyclic) bond motifs is 1. The molecule has 0 saturated carbocycles. The maximum atomic E-state index is 12.4. The van der Waals surface area contributed by atoms with Crippen molar-refractivity contribution in [1.82, 2.24) is 14.9 Å². The van der Waals surface area contributed by atoms with Crippen LogP contribution in [0.4, 0.5) is 10.5 Å². The number of aromatic nitrogens is 2. The molecule has 118 valence electrons. The molecule has 0 aliphatic carbocycles. The lowest BCUT2D eigenvalue weighted by Gasteiger charge is -2.18. The zero-order valence-corrected chi connectivity index (χ0v) is 13.6. The largest absolute Gasteiger partial charge is 0.494 e. The number of urea groups is 1. The lowest BCUT2D eigenvalue weighted by molar-refractivity contribution is 0.220. The molecule has 1 N–H and O–H groups in total. The molecule has 3 rings (SSSR count).